The normalized spacial score (nSPS) is 23.7. The Morgan fingerprint density at radius 1 is 1.33 bits per heavy atom. The lowest BCUT2D eigenvalue weighted by atomic mass is 9.84. The fourth-order valence-electron chi connectivity index (χ4n) is 2.76. The molecule has 5 heteroatoms. The first-order valence-corrected chi connectivity index (χ1v) is 8.56. The van der Waals surface area contributed by atoms with Crippen LogP contribution < -0.4 is 0 Å². The van der Waals surface area contributed by atoms with Gasteiger partial charge in [-0.2, -0.15) is 4.31 Å². The van der Waals surface area contributed by atoms with E-state index in [1.54, 1.807) is 30.3 Å². The number of rotatable bonds is 5. The van der Waals surface area contributed by atoms with Crippen molar-refractivity contribution in [2.45, 2.75) is 24.7 Å². The Bertz CT molecular complexity index is 607. The summed E-state index contributed by atoms with van der Waals surface area (Å²) in [6, 6.07) is 6.89. The largest absolute Gasteiger partial charge is 0.303 e. The quantitative estimate of drug-likeness (QED) is 0.620. The third-order valence-corrected chi connectivity index (χ3v) is 6.01. The highest BCUT2D eigenvalue weighted by Gasteiger charge is 2.33. The molecule has 2 rings (SSSR count). The number of carbonyl (C=O) groups is 1. The number of sulfonamides is 1. The topological polar surface area (TPSA) is 54.5 Å². The number of piperidine rings is 1. The summed E-state index contributed by atoms with van der Waals surface area (Å²) in [6.07, 6.45) is 3.84. The van der Waals surface area contributed by atoms with Crippen molar-refractivity contribution in [3.8, 4) is 0 Å². The van der Waals surface area contributed by atoms with Crippen molar-refractivity contribution in [2.75, 3.05) is 13.1 Å². The second-order valence-corrected chi connectivity index (χ2v) is 7.46. The molecule has 2 atom stereocenters. The second kappa shape index (κ2) is 6.54. The van der Waals surface area contributed by atoms with Gasteiger partial charge in [0.25, 0.3) is 0 Å². The number of nitrogens with zero attached hydrogens (tertiary/aromatic N) is 1. The summed E-state index contributed by atoms with van der Waals surface area (Å²) in [6.45, 7) is 6.56. The predicted molar refractivity (Wildman–Crippen MR) is 82.4 cm³/mol. The van der Waals surface area contributed by atoms with Gasteiger partial charge in [0.1, 0.15) is 6.29 Å². The van der Waals surface area contributed by atoms with Gasteiger partial charge in [-0.25, -0.2) is 8.42 Å². The van der Waals surface area contributed by atoms with Gasteiger partial charge in [-0.15, -0.1) is 6.58 Å². The van der Waals surface area contributed by atoms with Gasteiger partial charge in [0.05, 0.1) is 4.90 Å². The van der Waals surface area contributed by atoms with Gasteiger partial charge in [-0.1, -0.05) is 23.8 Å². The van der Waals surface area contributed by atoms with Crippen molar-refractivity contribution in [3.63, 3.8) is 0 Å². The lowest BCUT2D eigenvalue weighted by molar-refractivity contribution is -0.109. The van der Waals surface area contributed by atoms with Crippen molar-refractivity contribution < 1.29 is 13.2 Å². The molecule has 0 unspecified atom stereocenters. The van der Waals surface area contributed by atoms with E-state index in [-0.39, 0.29) is 11.8 Å². The average molecular weight is 307 g/mol. The van der Waals surface area contributed by atoms with Crippen molar-refractivity contribution in [1.29, 1.82) is 0 Å². The molecular formula is C16H21NO3S. The van der Waals surface area contributed by atoms with E-state index in [9.17, 15) is 13.2 Å². The second-order valence-electron chi connectivity index (χ2n) is 5.53. The molecule has 0 aromatic heterocycles. The van der Waals surface area contributed by atoms with E-state index in [1.807, 2.05) is 6.92 Å². The monoisotopic (exact) mass is 307 g/mol. The van der Waals surface area contributed by atoms with Crippen LogP contribution in [0.15, 0.2) is 41.8 Å². The third-order valence-electron chi connectivity index (χ3n) is 4.13. The van der Waals surface area contributed by atoms with Gasteiger partial charge in [0.15, 0.2) is 0 Å². The minimum absolute atomic E-state index is 0.0316. The van der Waals surface area contributed by atoms with Gasteiger partial charge in [0.2, 0.25) is 10.0 Å². The van der Waals surface area contributed by atoms with Crippen LogP contribution in [0.4, 0.5) is 0 Å². The van der Waals surface area contributed by atoms with Gasteiger partial charge >= 0.3 is 0 Å². The summed E-state index contributed by atoms with van der Waals surface area (Å²) in [4.78, 5) is 11.0. The average Bonchev–Trinajstić information content (AvgIpc) is 2.48. The molecule has 1 aromatic rings. The molecule has 0 N–H and O–H groups in total. The molecule has 1 aromatic carbocycles. The van der Waals surface area contributed by atoms with E-state index in [4.69, 9.17) is 0 Å². The molecule has 114 valence electrons. The summed E-state index contributed by atoms with van der Waals surface area (Å²) >= 11 is 0. The van der Waals surface area contributed by atoms with Crippen LogP contribution in [0.5, 0.6) is 0 Å². The number of hydrogen-bond donors (Lipinski definition) is 0. The van der Waals surface area contributed by atoms with Crippen LogP contribution in [-0.4, -0.2) is 32.1 Å². The van der Waals surface area contributed by atoms with Crippen molar-refractivity contribution in [3.05, 3.63) is 42.5 Å². The minimum atomic E-state index is -3.46. The van der Waals surface area contributed by atoms with E-state index in [1.165, 1.54) is 4.31 Å². The van der Waals surface area contributed by atoms with Gasteiger partial charge in [0, 0.05) is 19.5 Å². The maximum absolute atomic E-state index is 12.6. The minimum Gasteiger partial charge on any atom is -0.303 e. The van der Waals surface area contributed by atoms with Crippen LogP contribution in [0, 0.1) is 18.8 Å². The van der Waals surface area contributed by atoms with Crippen LogP contribution in [0.25, 0.3) is 0 Å². The Balaban J connectivity index is 2.20. The van der Waals surface area contributed by atoms with Crippen LogP contribution in [0.3, 0.4) is 0 Å². The zero-order valence-corrected chi connectivity index (χ0v) is 13.1. The van der Waals surface area contributed by atoms with Gasteiger partial charge in [-0.3, -0.25) is 0 Å². The maximum Gasteiger partial charge on any atom is 0.243 e. The highest BCUT2D eigenvalue weighted by Crippen LogP contribution is 2.30. The molecule has 1 aliphatic rings. The highest BCUT2D eigenvalue weighted by atomic mass is 32.2. The zero-order valence-electron chi connectivity index (χ0n) is 12.2. The van der Waals surface area contributed by atoms with Crippen LogP contribution in [0.2, 0.25) is 0 Å². The Morgan fingerprint density at radius 2 is 2.00 bits per heavy atom. The maximum atomic E-state index is 12.6. The number of carbonyl (C=O) groups excluding carboxylic acids is 1. The lowest BCUT2D eigenvalue weighted by Crippen LogP contribution is -2.43. The summed E-state index contributed by atoms with van der Waals surface area (Å²) in [5.74, 6) is 0.230. The molecule has 0 aliphatic carbocycles. The van der Waals surface area contributed by atoms with Crippen LogP contribution >= 0.6 is 0 Å². The number of aldehydes is 1. The lowest BCUT2D eigenvalue weighted by Gasteiger charge is -2.35. The zero-order chi connectivity index (χ0) is 15.5. The van der Waals surface area contributed by atoms with Crippen LogP contribution in [-0.2, 0) is 14.8 Å². The molecule has 0 bridgehead atoms. The fraction of sp³-hybridized carbons (Fsp3) is 0.438. The molecule has 21 heavy (non-hydrogen) atoms. The number of aryl methyl sites for hydroxylation is 1. The summed E-state index contributed by atoms with van der Waals surface area (Å²) in [5.41, 5.74) is 1.03. The number of benzene rings is 1. The molecule has 1 heterocycles. The van der Waals surface area contributed by atoms with E-state index in [2.05, 4.69) is 6.58 Å². The van der Waals surface area contributed by atoms with Crippen molar-refractivity contribution in [1.82, 2.24) is 4.31 Å². The van der Waals surface area contributed by atoms with E-state index < -0.39 is 10.0 Å². The fourth-order valence-corrected chi connectivity index (χ4v) is 4.25. The molecule has 4 nitrogen and oxygen atoms in total. The molecule has 0 spiro atoms. The molecule has 0 amide bonds. The number of hydrogen-bond acceptors (Lipinski definition) is 3. The highest BCUT2D eigenvalue weighted by molar-refractivity contribution is 7.89. The summed E-state index contributed by atoms with van der Waals surface area (Å²) in [7, 11) is -3.46. The van der Waals surface area contributed by atoms with E-state index >= 15 is 0 Å². The molecule has 1 fully saturated rings. The standard InChI is InChI=1S/C16H21NO3S/c1-3-14-12-17(10-8-15(14)9-11-18)21(19,20)16-6-4-13(2)5-7-16/h3-7,11,14-15H,1,8-10,12H2,2H3/t14-,15+/m0/s1. The first-order valence-electron chi connectivity index (χ1n) is 7.12. The molecule has 1 saturated heterocycles. The van der Waals surface area contributed by atoms with Gasteiger partial charge in [-0.05, 0) is 37.3 Å². The Hall–Kier alpha value is -1.46. The Labute approximate surface area is 126 Å². The third kappa shape index (κ3) is 3.41. The van der Waals surface area contributed by atoms with E-state index in [0.717, 1.165) is 11.8 Å². The summed E-state index contributed by atoms with van der Waals surface area (Å²) < 4.78 is 26.8. The molecule has 0 saturated carbocycles. The smallest absolute Gasteiger partial charge is 0.243 e. The molecule has 0 radical (unpaired) electrons. The first-order chi connectivity index (χ1) is 9.98. The first kappa shape index (κ1) is 15.9. The van der Waals surface area contributed by atoms with Gasteiger partial charge < -0.3 is 4.79 Å². The SMILES string of the molecule is C=C[C@H]1CN(S(=O)(=O)c2ccc(C)cc2)CC[C@@H]1CC=O. The predicted octanol–water partition coefficient (Wildman–Crippen LogP) is 2.40. The van der Waals surface area contributed by atoms with E-state index in [0.29, 0.717) is 30.8 Å². The molecular weight excluding hydrogens is 286 g/mol. The van der Waals surface area contributed by atoms with Crippen molar-refractivity contribution in [2.24, 2.45) is 11.8 Å². The van der Waals surface area contributed by atoms with Crippen LogP contribution in [0.1, 0.15) is 18.4 Å². The summed E-state index contributed by atoms with van der Waals surface area (Å²) in [5, 5.41) is 0. The van der Waals surface area contributed by atoms with Crippen molar-refractivity contribution >= 4 is 16.3 Å². The Kier molecular flexibility index (Phi) is 4.96. The molecule has 1 aliphatic heterocycles. The Morgan fingerprint density at radius 3 is 2.57 bits per heavy atom.